The first-order chi connectivity index (χ1) is 13.3. The number of fused-ring (bicyclic) bond motifs is 1. The summed E-state index contributed by atoms with van der Waals surface area (Å²) in [6.45, 7) is 0.856. The molecule has 4 rings (SSSR count). The summed E-state index contributed by atoms with van der Waals surface area (Å²) in [5.41, 5.74) is 0.632. The first kappa shape index (κ1) is 19.0. The van der Waals surface area contributed by atoms with Crippen molar-refractivity contribution >= 4 is 31.6 Å². The molecular formula is C18H18FN3O4S2. The first-order valence-corrected chi connectivity index (χ1v) is 11.7. The highest BCUT2D eigenvalue weighted by molar-refractivity contribution is 7.91. The predicted molar refractivity (Wildman–Crippen MR) is 103 cm³/mol. The second kappa shape index (κ2) is 6.94. The molecule has 0 saturated carbocycles. The van der Waals surface area contributed by atoms with Crippen molar-refractivity contribution in [1.82, 2.24) is 4.31 Å². The fourth-order valence-corrected chi connectivity index (χ4v) is 6.07. The van der Waals surface area contributed by atoms with E-state index in [2.05, 4.69) is 9.71 Å². The van der Waals surface area contributed by atoms with Crippen LogP contribution in [0.1, 0.15) is 24.8 Å². The van der Waals surface area contributed by atoms with E-state index in [0.717, 1.165) is 25.3 Å². The lowest BCUT2D eigenvalue weighted by atomic mass is 10.2. The van der Waals surface area contributed by atoms with Gasteiger partial charge in [-0.05, 0) is 55.3 Å². The molecule has 0 atom stereocenters. The summed E-state index contributed by atoms with van der Waals surface area (Å²) in [7, 11) is -7.88. The van der Waals surface area contributed by atoms with Crippen LogP contribution in [0.2, 0.25) is 0 Å². The van der Waals surface area contributed by atoms with Crippen molar-refractivity contribution in [2.45, 2.75) is 29.1 Å². The van der Waals surface area contributed by atoms with Gasteiger partial charge in [0.05, 0.1) is 10.6 Å². The third-order valence-electron chi connectivity index (χ3n) is 4.77. The molecule has 2 aliphatic heterocycles. The van der Waals surface area contributed by atoms with Crippen molar-refractivity contribution in [3.8, 4) is 0 Å². The number of rotatable bonds is 3. The molecule has 7 nitrogen and oxygen atoms in total. The van der Waals surface area contributed by atoms with Gasteiger partial charge in [-0.25, -0.2) is 12.8 Å². The molecule has 0 aliphatic carbocycles. The van der Waals surface area contributed by atoms with Gasteiger partial charge >= 0.3 is 0 Å². The molecular weight excluding hydrogens is 405 g/mol. The van der Waals surface area contributed by atoms with E-state index in [9.17, 15) is 21.2 Å². The summed E-state index contributed by atoms with van der Waals surface area (Å²) in [5, 5.41) is 2.89. The third-order valence-corrected chi connectivity index (χ3v) is 7.98. The quantitative estimate of drug-likeness (QED) is 0.819. The molecule has 10 heteroatoms. The van der Waals surface area contributed by atoms with Gasteiger partial charge < -0.3 is 5.32 Å². The van der Waals surface area contributed by atoms with Gasteiger partial charge in [-0.1, -0.05) is 6.42 Å². The standard InChI is InChI=1S/C18H18FN3O4S2/c19-14-6-4-13(5-7-14)18-20-16-9-8-15(12-17(16)27(23,24)21-18)28(25,26)22-10-2-1-3-11-22/h4-9,12H,1-3,10-11H2,(H,20,21). The summed E-state index contributed by atoms with van der Waals surface area (Å²) in [5.74, 6) is -0.393. The number of amidine groups is 1. The summed E-state index contributed by atoms with van der Waals surface area (Å²) in [6.07, 6.45) is 2.56. The van der Waals surface area contributed by atoms with E-state index in [1.165, 1.54) is 40.7 Å². The SMILES string of the molecule is O=S1(=O)N=C(c2ccc(F)cc2)Nc2ccc(S(=O)(=O)N3CCCCC3)cc21. The summed E-state index contributed by atoms with van der Waals surface area (Å²) < 4.78 is 69.3. The lowest BCUT2D eigenvalue weighted by Crippen LogP contribution is -2.35. The Morgan fingerprint density at radius 2 is 1.68 bits per heavy atom. The molecule has 28 heavy (non-hydrogen) atoms. The van der Waals surface area contributed by atoms with E-state index in [0.29, 0.717) is 18.7 Å². The Hall–Kier alpha value is -2.30. The minimum atomic E-state index is -4.11. The van der Waals surface area contributed by atoms with Gasteiger partial charge in [0.2, 0.25) is 10.0 Å². The normalized spacial score (nSPS) is 19.4. The molecule has 2 heterocycles. The zero-order valence-electron chi connectivity index (χ0n) is 14.8. The molecule has 0 bridgehead atoms. The number of hydrogen-bond donors (Lipinski definition) is 1. The highest BCUT2D eigenvalue weighted by Gasteiger charge is 2.31. The minimum absolute atomic E-state index is 0.0548. The molecule has 1 saturated heterocycles. The topological polar surface area (TPSA) is 95.9 Å². The molecule has 0 amide bonds. The average Bonchev–Trinajstić information content (AvgIpc) is 2.68. The van der Waals surface area contributed by atoms with Gasteiger partial charge in [0.25, 0.3) is 10.0 Å². The highest BCUT2D eigenvalue weighted by Crippen LogP contribution is 2.32. The van der Waals surface area contributed by atoms with Crippen molar-refractivity contribution in [3.05, 3.63) is 53.8 Å². The average molecular weight is 423 g/mol. The number of sulfonamides is 2. The largest absolute Gasteiger partial charge is 0.338 e. The van der Waals surface area contributed by atoms with Crippen molar-refractivity contribution in [1.29, 1.82) is 0 Å². The molecule has 0 radical (unpaired) electrons. The maximum atomic E-state index is 13.1. The Bertz CT molecular complexity index is 1150. The molecule has 1 N–H and O–H groups in total. The fourth-order valence-electron chi connectivity index (χ4n) is 3.29. The van der Waals surface area contributed by atoms with Gasteiger partial charge in [0.15, 0.2) is 5.84 Å². The molecule has 0 spiro atoms. The van der Waals surface area contributed by atoms with Gasteiger partial charge in [-0.3, -0.25) is 0 Å². The van der Waals surface area contributed by atoms with E-state index in [1.807, 2.05) is 0 Å². The van der Waals surface area contributed by atoms with Crippen molar-refractivity contribution in [2.24, 2.45) is 4.40 Å². The van der Waals surface area contributed by atoms with Gasteiger partial charge in [0.1, 0.15) is 10.7 Å². The number of nitrogens with one attached hydrogen (secondary N) is 1. The highest BCUT2D eigenvalue weighted by atomic mass is 32.2. The van der Waals surface area contributed by atoms with E-state index in [4.69, 9.17) is 0 Å². The maximum absolute atomic E-state index is 13.1. The second-order valence-corrected chi connectivity index (χ2v) is 10.2. The molecule has 2 aliphatic rings. The van der Waals surface area contributed by atoms with Crippen molar-refractivity contribution in [2.75, 3.05) is 18.4 Å². The van der Waals surface area contributed by atoms with Crippen LogP contribution in [0, 0.1) is 5.82 Å². The van der Waals surface area contributed by atoms with Crippen LogP contribution in [-0.2, 0) is 20.0 Å². The first-order valence-electron chi connectivity index (χ1n) is 8.79. The Morgan fingerprint density at radius 1 is 1.00 bits per heavy atom. The van der Waals surface area contributed by atoms with Crippen LogP contribution in [0.15, 0.2) is 56.7 Å². The molecule has 148 valence electrons. The van der Waals surface area contributed by atoms with Crippen molar-refractivity contribution in [3.63, 3.8) is 0 Å². The third kappa shape index (κ3) is 3.43. The number of benzene rings is 2. The van der Waals surface area contributed by atoms with Crippen LogP contribution < -0.4 is 5.32 Å². The lowest BCUT2D eigenvalue weighted by molar-refractivity contribution is 0.346. The number of piperidine rings is 1. The van der Waals surface area contributed by atoms with Crippen LogP contribution in [0.5, 0.6) is 0 Å². The molecule has 0 aromatic heterocycles. The lowest BCUT2D eigenvalue weighted by Gasteiger charge is -2.26. The predicted octanol–water partition coefficient (Wildman–Crippen LogP) is 2.56. The number of hydrogen-bond acceptors (Lipinski definition) is 5. The maximum Gasteiger partial charge on any atom is 0.286 e. The van der Waals surface area contributed by atoms with Gasteiger partial charge in [-0.2, -0.15) is 12.7 Å². The summed E-state index contributed by atoms with van der Waals surface area (Å²) >= 11 is 0. The molecule has 1 fully saturated rings. The Kier molecular flexibility index (Phi) is 4.72. The smallest absolute Gasteiger partial charge is 0.286 e. The fraction of sp³-hybridized carbons (Fsp3) is 0.278. The number of halogens is 1. The number of anilines is 1. The Balaban J connectivity index is 1.72. The monoisotopic (exact) mass is 423 g/mol. The minimum Gasteiger partial charge on any atom is -0.338 e. The van der Waals surface area contributed by atoms with E-state index in [-0.39, 0.29) is 21.3 Å². The zero-order chi connectivity index (χ0) is 19.9. The van der Waals surface area contributed by atoms with Crippen LogP contribution in [0.25, 0.3) is 0 Å². The van der Waals surface area contributed by atoms with Gasteiger partial charge in [-0.15, -0.1) is 4.40 Å². The summed E-state index contributed by atoms with van der Waals surface area (Å²) in [4.78, 5) is -0.268. The van der Waals surface area contributed by atoms with E-state index >= 15 is 0 Å². The van der Waals surface area contributed by atoms with Crippen LogP contribution >= 0.6 is 0 Å². The van der Waals surface area contributed by atoms with Crippen LogP contribution in [-0.4, -0.2) is 40.1 Å². The van der Waals surface area contributed by atoms with E-state index < -0.39 is 25.9 Å². The Labute approximate surface area is 163 Å². The second-order valence-electron chi connectivity index (χ2n) is 6.67. The Morgan fingerprint density at radius 3 is 2.36 bits per heavy atom. The van der Waals surface area contributed by atoms with Gasteiger partial charge in [0, 0.05) is 18.7 Å². The van der Waals surface area contributed by atoms with Crippen LogP contribution in [0.3, 0.4) is 0 Å². The van der Waals surface area contributed by atoms with E-state index in [1.54, 1.807) is 0 Å². The number of nitrogens with zero attached hydrogens (tertiary/aromatic N) is 2. The van der Waals surface area contributed by atoms with Crippen molar-refractivity contribution < 1.29 is 21.2 Å². The molecule has 2 aromatic rings. The van der Waals surface area contributed by atoms with Crippen LogP contribution in [0.4, 0.5) is 10.1 Å². The molecule has 2 aromatic carbocycles. The zero-order valence-corrected chi connectivity index (χ0v) is 16.4. The summed E-state index contributed by atoms with van der Waals surface area (Å²) in [6, 6.07) is 9.19. The molecule has 0 unspecified atom stereocenters.